The molecular formula is C17H21N3O3. The van der Waals surface area contributed by atoms with E-state index in [-0.39, 0.29) is 12.5 Å². The first-order valence-corrected chi connectivity index (χ1v) is 7.76. The molecule has 0 unspecified atom stereocenters. The molecule has 0 radical (unpaired) electrons. The maximum atomic E-state index is 12.2. The molecule has 122 valence electrons. The third-order valence-corrected chi connectivity index (χ3v) is 4.51. The van der Waals surface area contributed by atoms with Crippen LogP contribution in [0.2, 0.25) is 0 Å². The Labute approximate surface area is 134 Å². The SMILES string of the molecule is CN(C)C(=O)Cn1c2c(c3ccccc31)CCN(C(=O)O)CC2. The van der Waals surface area contributed by atoms with Crippen molar-refractivity contribution in [3.05, 3.63) is 35.5 Å². The summed E-state index contributed by atoms with van der Waals surface area (Å²) in [6.07, 6.45) is 0.442. The molecule has 1 aliphatic heterocycles. The molecule has 23 heavy (non-hydrogen) atoms. The number of benzene rings is 1. The van der Waals surface area contributed by atoms with Crippen molar-refractivity contribution in [3.8, 4) is 0 Å². The molecule has 1 aliphatic rings. The highest BCUT2D eigenvalue weighted by molar-refractivity contribution is 5.88. The van der Waals surface area contributed by atoms with Gasteiger partial charge in [-0.05, 0) is 18.1 Å². The Bertz CT molecular complexity index is 764. The van der Waals surface area contributed by atoms with Gasteiger partial charge in [0.05, 0.1) is 0 Å². The van der Waals surface area contributed by atoms with E-state index < -0.39 is 6.09 Å². The van der Waals surface area contributed by atoms with Gasteiger partial charge in [0.2, 0.25) is 5.91 Å². The fourth-order valence-corrected chi connectivity index (χ4v) is 3.24. The normalized spacial score (nSPS) is 14.4. The van der Waals surface area contributed by atoms with E-state index in [0.717, 1.165) is 16.6 Å². The van der Waals surface area contributed by atoms with E-state index in [1.54, 1.807) is 19.0 Å². The third kappa shape index (κ3) is 2.76. The van der Waals surface area contributed by atoms with Gasteiger partial charge in [-0.25, -0.2) is 4.79 Å². The number of rotatable bonds is 2. The minimum atomic E-state index is -0.879. The van der Waals surface area contributed by atoms with Gasteiger partial charge in [0.1, 0.15) is 6.54 Å². The number of nitrogens with zero attached hydrogens (tertiary/aromatic N) is 3. The highest BCUT2D eigenvalue weighted by Crippen LogP contribution is 2.29. The molecular weight excluding hydrogens is 294 g/mol. The molecule has 0 saturated heterocycles. The van der Waals surface area contributed by atoms with Gasteiger partial charge in [-0.1, -0.05) is 18.2 Å². The number of carbonyl (C=O) groups excluding carboxylic acids is 1. The molecule has 6 heteroatoms. The van der Waals surface area contributed by atoms with Gasteiger partial charge in [0.15, 0.2) is 0 Å². The van der Waals surface area contributed by atoms with Crippen LogP contribution in [-0.4, -0.2) is 58.7 Å². The first kappa shape index (κ1) is 15.4. The Kier molecular flexibility index (Phi) is 3.98. The zero-order chi connectivity index (χ0) is 16.6. The summed E-state index contributed by atoms with van der Waals surface area (Å²) in [5, 5.41) is 10.4. The summed E-state index contributed by atoms with van der Waals surface area (Å²) in [7, 11) is 3.50. The molecule has 3 rings (SSSR count). The number of carbonyl (C=O) groups is 2. The van der Waals surface area contributed by atoms with E-state index >= 15 is 0 Å². The molecule has 6 nitrogen and oxygen atoms in total. The molecule has 2 heterocycles. The standard InChI is InChI=1S/C17H21N3O3/c1-18(2)16(21)11-20-14-6-4-3-5-12(14)13-7-9-19(17(22)23)10-8-15(13)20/h3-6H,7-11H2,1-2H3,(H,22,23). The predicted molar refractivity (Wildman–Crippen MR) is 87.6 cm³/mol. The molecule has 1 aromatic heterocycles. The lowest BCUT2D eigenvalue weighted by molar-refractivity contribution is -0.129. The highest BCUT2D eigenvalue weighted by atomic mass is 16.4. The number of hydrogen-bond donors (Lipinski definition) is 1. The second-order valence-corrected chi connectivity index (χ2v) is 6.09. The first-order chi connectivity index (χ1) is 11.0. The summed E-state index contributed by atoms with van der Waals surface area (Å²) in [6.45, 7) is 1.25. The van der Waals surface area contributed by atoms with Crippen molar-refractivity contribution >= 4 is 22.9 Å². The van der Waals surface area contributed by atoms with Gasteiger partial charge >= 0.3 is 6.09 Å². The number of aromatic nitrogens is 1. The zero-order valence-electron chi connectivity index (χ0n) is 13.5. The quantitative estimate of drug-likeness (QED) is 0.919. The van der Waals surface area contributed by atoms with E-state index in [0.29, 0.717) is 25.9 Å². The Morgan fingerprint density at radius 3 is 2.57 bits per heavy atom. The summed E-state index contributed by atoms with van der Waals surface area (Å²) >= 11 is 0. The van der Waals surface area contributed by atoms with Crippen LogP contribution in [0.4, 0.5) is 4.79 Å². The van der Waals surface area contributed by atoms with Crippen molar-refractivity contribution < 1.29 is 14.7 Å². The molecule has 2 amide bonds. The van der Waals surface area contributed by atoms with Gasteiger partial charge < -0.3 is 19.5 Å². The molecule has 0 bridgehead atoms. The van der Waals surface area contributed by atoms with E-state index in [1.807, 2.05) is 18.2 Å². The van der Waals surface area contributed by atoms with Gasteiger partial charge in [-0.2, -0.15) is 0 Å². The van der Waals surface area contributed by atoms with Crippen molar-refractivity contribution in [2.45, 2.75) is 19.4 Å². The van der Waals surface area contributed by atoms with Crippen LogP contribution in [0.3, 0.4) is 0 Å². The van der Waals surface area contributed by atoms with Crippen LogP contribution in [0, 0.1) is 0 Å². The summed E-state index contributed by atoms with van der Waals surface area (Å²) < 4.78 is 2.05. The van der Waals surface area contributed by atoms with E-state index in [9.17, 15) is 14.7 Å². The summed E-state index contributed by atoms with van der Waals surface area (Å²) in [6, 6.07) is 8.05. The Morgan fingerprint density at radius 2 is 1.87 bits per heavy atom. The molecule has 0 aliphatic carbocycles. The zero-order valence-corrected chi connectivity index (χ0v) is 13.5. The number of para-hydroxylation sites is 1. The molecule has 0 spiro atoms. The average Bonchev–Trinajstić information content (AvgIpc) is 2.68. The number of hydrogen-bond acceptors (Lipinski definition) is 2. The van der Waals surface area contributed by atoms with Crippen LogP contribution in [0.25, 0.3) is 10.9 Å². The molecule has 2 aromatic rings. The fourth-order valence-electron chi connectivity index (χ4n) is 3.24. The molecule has 0 atom stereocenters. The summed E-state index contributed by atoms with van der Waals surface area (Å²) in [5.41, 5.74) is 3.32. The molecule has 1 N–H and O–H groups in total. The lowest BCUT2D eigenvalue weighted by atomic mass is 10.1. The summed E-state index contributed by atoms with van der Waals surface area (Å²) in [4.78, 5) is 26.5. The largest absolute Gasteiger partial charge is 0.465 e. The lowest BCUT2D eigenvalue weighted by Crippen LogP contribution is -2.32. The first-order valence-electron chi connectivity index (χ1n) is 7.76. The van der Waals surface area contributed by atoms with Crippen molar-refractivity contribution in [2.24, 2.45) is 0 Å². The highest BCUT2D eigenvalue weighted by Gasteiger charge is 2.24. The topological polar surface area (TPSA) is 65.8 Å². The van der Waals surface area contributed by atoms with Gasteiger partial charge in [0.25, 0.3) is 0 Å². The smallest absolute Gasteiger partial charge is 0.407 e. The number of likely N-dealkylation sites (N-methyl/N-ethyl adjacent to an activating group) is 1. The van der Waals surface area contributed by atoms with E-state index in [2.05, 4.69) is 10.6 Å². The van der Waals surface area contributed by atoms with Crippen molar-refractivity contribution in [3.63, 3.8) is 0 Å². The van der Waals surface area contributed by atoms with Crippen molar-refractivity contribution in [1.29, 1.82) is 0 Å². The maximum Gasteiger partial charge on any atom is 0.407 e. The number of amides is 2. The van der Waals surface area contributed by atoms with Crippen LogP contribution in [0.1, 0.15) is 11.3 Å². The van der Waals surface area contributed by atoms with E-state index in [4.69, 9.17) is 0 Å². The summed E-state index contributed by atoms with van der Waals surface area (Å²) in [5.74, 6) is 0.0351. The second kappa shape index (κ2) is 5.95. The van der Waals surface area contributed by atoms with Crippen LogP contribution >= 0.6 is 0 Å². The minimum absolute atomic E-state index is 0.0351. The van der Waals surface area contributed by atoms with Crippen LogP contribution in [0.5, 0.6) is 0 Å². The number of carboxylic acid groups (broad SMARTS) is 1. The maximum absolute atomic E-state index is 12.2. The molecule has 1 aromatic carbocycles. The average molecular weight is 315 g/mol. The third-order valence-electron chi connectivity index (χ3n) is 4.51. The van der Waals surface area contributed by atoms with Crippen molar-refractivity contribution in [2.75, 3.05) is 27.2 Å². The fraction of sp³-hybridized carbons (Fsp3) is 0.412. The van der Waals surface area contributed by atoms with Crippen LogP contribution < -0.4 is 0 Å². The van der Waals surface area contributed by atoms with Crippen LogP contribution in [-0.2, 0) is 24.2 Å². The van der Waals surface area contributed by atoms with Gasteiger partial charge in [-0.3, -0.25) is 4.79 Å². The van der Waals surface area contributed by atoms with Crippen LogP contribution in [0.15, 0.2) is 24.3 Å². The number of fused-ring (bicyclic) bond motifs is 3. The van der Waals surface area contributed by atoms with Crippen molar-refractivity contribution in [1.82, 2.24) is 14.4 Å². The Morgan fingerprint density at radius 1 is 1.17 bits per heavy atom. The molecule has 0 fully saturated rings. The molecule has 0 saturated carbocycles. The lowest BCUT2D eigenvalue weighted by Gasteiger charge is -2.17. The van der Waals surface area contributed by atoms with Gasteiger partial charge in [-0.15, -0.1) is 0 Å². The Balaban J connectivity index is 2.06. The van der Waals surface area contributed by atoms with Gasteiger partial charge in [0, 0.05) is 50.2 Å². The predicted octanol–water partition coefficient (Wildman–Crippen LogP) is 1.81. The second-order valence-electron chi connectivity index (χ2n) is 6.09. The Hall–Kier alpha value is -2.50. The minimum Gasteiger partial charge on any atom is -0.465 e. The van der Waals surface area contributed by atoms with E-state index in [1.165, 1.54) is 10.5 Å². The monoisotopic (exact) mass is 315 g/mol.